The molecule has 2 N–H and O–H groups in total. The molecule has 2 atom stereocenters. The third kappa shape index (κ3) is 4.34. The summed E-state index contributed by atoms with van der Waals surface area (Å²) in [6.07, 6.45) is 2.24. The summed E-state index contributed by atoms with van der Waals surface area (Å²) in [5, 5.41) is 1.14. The van der Waals surface area contributed by atoms with Gasteiger partial charge in [-0.3, -0.25) is 0 Å². The molecule has 0 bridgehead atoms. The Morgan fingerprint density at radius 1 is 1.45 bits per heavy atom. The van der Waals surface area contributed by atoms with Crippen molar-refractivity contribution in [2.75, 3.05) is 26.2 Å². The maximum absolute atomic E-state index is 6.25. The van der Waals surface area contributed by atoms with Crippen molar-refractivity contribution in [1.29, 1.82) is 0 Å². The Hall–Kier alpha value is -0.320. The zero-order valence-electron chi connectivity index (χ0n) is 11.8. The molecule has 1 aromatic rings. The quantitative estimate of drug-likeness (QED) is 0.924. The van der Waals surface area contributed by atoms with Gasteiger partial charge in [-0.05, 0) is 31.4 Å². The predicted octanol–water partition coefficient (Wildman–Crippen LogP) is 3.49. The maximum atomic E-state index is 6.25. The predicted molar refractivity (Wildman–Crippen MR) is 84.5 cm³/mol. The third-order valence-corrected chi connectivity index (χ3v) is 4.51. The molecule has 112 valence electrons. The topological polar surface area (TPSA) is 38.5 Å². The van der Waals surface area contributed by atoms with Crippen LogP contribution in [0, 0.1) is 0 Å². The van der Waals surface area contributed by atoms with Crippen molar-refractivity contribution < 1.29 is 4.74 Å². The molecule has 3 nitrogen and oxygen atoms in total. The van der Waals surface area contributed by atoms with Gasteiger partial charge in [-0.2, -0.15) is 0 Å². The van der Waals surface area contributed by atoms with Gasteiger partial charge in [-0.15, -0.1) is 0 Å². The highest BCUT2D eigenvalue weighted by Gasteiger charge is 2.17. The molecule has 2 rings (SSSR count). The molecule has 0 spiro atoms. The third-order valence-electron chi connectivity index (χ3n) is 3.67. The molecule has 1 saturated heterocycles. The number of halogens is 2. The standard InChI is InChI=1S/C15H22Cl2N2O/c1-11-10-19(7-3-9-20-11)8-6-14(18)12-4-2-5-13(16)15(12)17/h2,4-5,11,14H,3,6-10,18H2,1H3. The fraction of sp³-hybridized carbons (Fsp3) is 0.600. The number of benzene rings is 1. The molecule has 5 heteroatoms. The molecule has 0 radical (unpaired) electrons. The molecule has 1 fully saturated rings. The van der Waals surface area contributed by atoms with Gasteiger partial charge in [0.05, 0.1) is 16.1 Å². The molecule has 2 unspecified atom stereocenters. The second-order valence-electron chi connectivity index (χ2n) is 5.37. The van der Waals surface area contributed by atoms with Gasteiger partial charge in [0.15, 0.2) is 0 Å². The van der Waals surface area contributed by atoms with Crippen molar-refractivity contribution in [3.8, 4) is 0 Å². The van der Waals surface area contributed by atoms with Crippen molar-refractivity contribution in [1.82, 2.24) is 4.90 Å². The molecule has 0 aliphatic carbocycles. The summed E-state index contributed by atoms with van der Waals surface area (Å²) in [7, 11) is 0. The summed E-state index contributed by atoms with van der Waals surface area (Å²) >= 11 is 12.2. The van der Waals surface area contributed by atoms with E-state index < -0.39 is 0 Å². The average molecular weight is 317 g/mol. The SMILES string of the molecule is CC1CN(CCC(N)c2cccc(Cl)c2Cl)CCCO1. The first kappa shape index (κ1) is 16.1. The van der Waals surface area contributed by atoms with Crippen molar-refractivity contribution >= 4 is 23.2 Å². The van der Waals surface area contributed by atoms with E-state index in [-0.39, 0.29) is 6.04 Å². The maximum Gasteiger partial charge on any atom is 0.0673 e. The van der Waals surface area contributed by atoms with Crippen LogP contribution in [0.25, 0.3) is 0 Å². The highest BCUT2D eigenvalue weighted by atomic mass is 35.5. The van der Waals surface area contributed by atoms with Gasteiger partial charge in [0.25, 0.3) is 0 Å². The van der Waals surface area contributed by atoms with E-state index in [1.165, 1.54) is 0 Å². The van der Waals surface area contributed by atoms with Crippen molar-refractivity contribution in [2.45, 2.75) is 31.9 Å². The van der Waals surface area contributed by atoms with E-state index in [0.29, 0.717) is 16.1 Å². The van der Waals surface area contributed by atoms with Gasteiger partial charge in [0.2, 0.25) is 0 Å². The van der Waals surface area contributed by atoms with E-state index in [4.69, 9.17) is 33.7 Å². The first-order valence-corrected chi connectivity index (χ1v) is 7.87. The average Bonchev–Trinajstić information content (AvgIpc) is 2.63. The fourth-order valence-corrected chi connectivity index (χ4v) is 3.02. The summed E-state index contributed by atoms with van der Waals surface area (Å²) < 4.78 is 5.65. The number of ether oxygens (including phenoxy) is 1. The Morgan fingerprint density at radius 2 is 2.25 bits per heavy atom. The summed E-state index contributed by atoms with van der Waals surface area (Å²) in [5.74, 6) is 0. The molecule has 1 heterocycles. The van der Waals surface area contributed by atoms with Gasteiger partial charge in [-0.1, -0.05) is 35.3 Å². The van der Waals surface area contributed by atoms with E-state index in [0.717, 1.165) is 44.6 Å². The number of nitrogens with zero attached hydrogens (tertiary/aromatic N) is 1. The molecular formula is C15H22Cl2N2O. The zero-order valence-corrected chi connectivity index (χ0v) is 13.3. The van der Waals surface area contributed by atoms with Crippen molar-refractivity contribution in [2.24, 2.45) is 5.73 Å². The Labute approximate surface area is 131 Å². The van der Waals surface area contributed by atoms with E-state index in [2.05, 4.69) is 11.8 Å². The second-order valence-corrected chi connectivity index (χ2v) is 6.16. The molecule has 1 aromatic carbocycles. The molecular weight excluding hydrogens is 295 g/mol. The fourth-order valence-electron chi connectivity index (χ4n) is 2.57. The van der Waals surface area contributed by atoms with Crippen molar-refractivity contribution in [3.05, 3.63) is 33.8 Å². The van der Waals surface area contributed by atoms with Crippen LogP contribution in [0.15, 0.2) is 18.2 Å². The Balaban J connectivity index is 1.91. The van der Waals surface area contributed by atoms with E-state index in [9.17, 15) is 0 Å². The van der Waals surface area contributed by atoms with E-state index in [1.54, 1.807) is 6.07 Å². The van der Waals surface area contributed by atoms with Gasteiger partial charge < -0.3 is 15.4 Å². The normalized spacial score (nSPS) is 22.5. The Bertz CT molecular complexity index is 442. The molecule has 1 aliphatic heterocycles. The van der Waals surface area contributed by atoms with Crippen LogP contribution in [0.3, 0.4) is 0 Å². The first-order chi connectivity index (χ1) is 9.58. The number of rotatable bonds is 4. The van der Waals surface area contributed by atoms with Crippen LogP contribution in [-0.4, -0.2) is 37.2 Å². The van der Waals surface area contributed by atoms with Gasteiger partial charge in [0, 0.05) is 32.3 Å². The Kier molecular flexibility index (Phi) is 6.12. The lowest BCUT2D eigenvalue weighted by molar-refractivity contribution is 0.0674. The summed E-state index contributed by atoms with van der Waals surface area (Å²) in [6.45, 7) is 5.96. The van der Waals surface area contributed by atoms with Crippen LogP contribution >= 0.6 is 23.2 Å². The lowest BCUT2D eigenvalue weighted by Crippen LogP contribution is -2.32. The van der Waals surface area contributed by atoms with Crippen LogP contribution in [0.4, 0.5) is 0 Å². The minimum absolute atomic E-state index is 0.0827. The van der Waals surface area contributed by atoms with Crippen LogP contribution in [0.1, 0.15) is 31.4 Å². The van der Waals surface area contributed by atoms with E-state index >= 15 is 0 Å². The van der Waals surface area contributed by atoms with Crippen LogP contribution in [0.2, 0.25) is 10.0 Å². The highest BCUT2D eigenvalue weighted by Crippen LogP contribution is 2.30. The van der Waals surface area contributed by atoms with Gasteiger partial charge >= 0.3 is 0 Å². The van der Waals surface area contributed by atoms with Crippen molar-refractivity contribution in [3.63, 3.8) is 0 Å². The van der Waals surface area contributed by atoms with E-state index in [1.807, 2.05) is 12.1 Å². The van der Waals surface area contributed by atoms with Crippen LogP contribution in [0.5, 0.6) is 0 Å². The Morgan fingerprint density at radius 3 is 3.05 bits per heavy atom. The molecule has 0 saturated carbocycles. The monoisotopic (exact) mass is 316 g/mol. The lowest BCUT2D eigenvalue weighted by atomic mass is 10.0. The smallest absolute Gasteiger partial charge is 0.0673 e. The van der Waals surface area contributed by atoms with Crippen LogP contribution in [-0.2, 0) is 4.74 Å². The molecule has 1 aliphatic rings. The molecule has 20 heavy (non-hydrogen) atoms. The lowest BCUT2D eigenvalue weighted by Gasteiger charge is -2.24. The van der Waals surface area contributed by atoms with Crippen LogP contribution < -0.4 is 5.73 Å². The summed E-state index contributed by atoms with van der Waals surface area (Å²) in [6, 6.07) is 5.55. The first-order valence-electron chi connectivity index (χ1n) is 7.11. The number of hydrogen-bond acceptors (Lipinski definition) is 3. The zero-order chi connectivity index (χ0) is 14.5. The van der Waals surface area contributed by atoms with Gasteiger partial charge in [0.1, 0.15) is 0 Å². The van der Waals surface area contributed by atoms with Gasteiger partial charge in [-0.25, -0.2) is 0 Å². The highest BCUT2D eigenvalue weighted by molar-refractivity contribution is 6.42. The molecule has 0 amide bonds. The minimum Gasteiger partial charge on any atom is -0.377 e. The molecule has 0 aromatic heterocycles. The summed E-state index contributed by atoms with van der Waals surface area (Å²) in [5.41, 5.74) is 7.18. The second kappa shape index (κ2) is 7.62. The largest absolute Gasteiger partial charge is 0.377 e. The number of nitrogens with two attached hydrogens (primary N) is 1. The summed E-state index contributed by atoms with van der Waals surface area (Å²) in [4.78, 5) is 2.41. The minimum atomic E-state index is -0.0827. The number of hydrogen-bond donors (Lipinski definition) is 1.